The van der Waals surface area contributed by atoms with Crippen molar-refractivity contribution in [3.05, 3.63) is 58.1 Å². The highest BCUT2D eigenvalue weighted by molar-refractivity contribution is 7.91. The van der Waals surface area contributed by atoms with E-state index in [-0.39, 0.29) is 0 Å². The van der Waals surface area contributed by atoms with Gasteiger partial charge < -0.3 is 10.2 Å². The van der Waals surface area contributed by atoms with E-state index in [1.165, 1.54) is 22.3 Å². The predicted molar refractivity (Wildman–Crippen MR) is 132 cm³/mol. The molecule has 0 bridgehead atoms. The lowest BCUT2D eigenvalue weighted by Crippen LogP contribution is -2.43. The van der Waals surface area contributed by atoms with Crippen LogP contribution in [-0.4, -0.2) is 53.3 Å². The number of nitrogens with two attached hydrogens (primary N) is 1. The summed E-state index contributed by atoms with van der Waals surface area (Å²) in [6.45, 7) is 5.05. The van der Waals surface area contributed by atoms with Crippen LogP contribution >= 0.6 is 0 Å². The van der Waals surface area contributed by atoms with Crippen LogP contribution in [0.3, 0.4) is 0 Å². The monoisotopic (exact) mass is 467 g/mol. The van der Waals surface area contributed by atoms with E-state index in [4.69, 9.17) is 5.14 Å². The van der Waals surface area contributed by atoms with Crippen molar-refractivity contribution in [2.45, 2.75) is 50.0 Å². The van der Waals surface area contributed by atoms with Gasteiger partial charge in [0, 0.05) is 38.4 Å². The molecule has 2 aliphatic carbocycles. The van der Waals surface area contributed by atoms with Gasteiger partial charge in [-0.25, -0.2) is 14.1 Å². The van der Waals surface area contributed by atoms with Crippen LogP contribution in [0, 0.1) is 0 Å². The number of aryl methyl sites for hydroxylation is 2. The van der Waals surface area contributed by atoms with Crippen LogP contribution in [0.25, 0.3) is 0 Å². The smallest absolute Gasteiger partial charge is 0.305 e. The number of likely N-dealkylation sites (N-methyl/N-ethyl adjacent to an activating group) is 1. The summed E-state index contributed by atoms with van der Waals surface area (Å²) in [6, 6.07) is 9.03. The summed E-state index contributed by atoms with van der Waals surface area (Å²) in [7, 11) is -1.18. The second-order valence-electron chi connectivity index (χ2n) is 9.55. The molecule has 0 saturated carbocycles. The molecule has 0 unspecified atom stereocenters. The van der Waals surface area contributed by atoms with Gasteiger partial charge in [-0.1, -0.05) is 18.2 Å². The molecule has 7 nitrogen and oxygen atoms in total. The Morgan fingerprint density at radius 3 is 2.21 bits per heavy atom. The Balaban J connectivity index is 1.31. The molecular formula is C25H33N5O2S. The highest BCUT2D eigenvalue weighted by atomic mass is 32.2. The number of piperazine rings is 1. The molecule has 5 rings (SSSR count). The van der Waals surface area contributed by atoms with Crippen LogP contribution in [0.1, 0.15) is 40.7 Å². The Morgan fingerprint density at radius 1 is 1.00 bits per heavy atom. The third-order valence-electron chi connectivity index (χ3n) is 7.19. The van der Waals surface area contributed by atoms with E-state index in [2.05, 4.69) is 32.6 Å². The van der Waals surface area contributed by atoms with Gasteiger partial charge in [0.2, 0.25) is 0 Å². The SMILES string of the molecule is CN1CCN(Cc2ccc([S@](N)(=O)=NC(=O)Nc3c4c(cc5c3CCC5)CCC4)cc2)CC1. The summed E-state index contributed by atoms with van der Waals surface area (Å²) >= 11 is 0. The molecule has 0 aromatic heterocycles. The van der Waals surface area contributed by atoms with E-state index in [0.29, 0.717) is 4.90 Å². The van der Waals surface area contributed by atoms with Crippen molar-refractivity contribution in [3.8, 4) is 0 Å². The van der Waals surface area contributed by atoms with E-state index in [1.807, 2.05) is 12.1 Å². The lowest BCUT2D eigenvalue weighted by atomic mass is 9.99. The van der Waals surface area contributed by atoms with Gasteiger partial charge in [-0.2, -0.15) is 0 Å². The fourth-order valence-electron chi connectivity index (χ4n) is 5.33. The van der Waals surface area contributed by atoms with Crippen LogP contribution in [0.4, 0.5) is 10.5 Å². The number of nitrogens with zero attached hydrogens (tertiary/aromatic N) is 3. The first-order chi connectivity index (χ1) is 15.9. The van der Waals surface area contributed by atoms with E-state index in [9.17, 15) is 9.00 Å². The molecule has 1 heterocycles. The van der Waals surface area contributed by atoms with Crippen LogP contribution < -0.4 is 10.5 Å². The maximum absolute atomic E-state index is 13.1. The molecule has 0 spiro atoms. The highest BCUT2D eigenvalue weighted by Gasteiger charge is 2.25. The van der Waals surface area contributed by atoms with Crippen molar-refractivity contribution in [1.29, 1.82) is 0 Å². The summed E-state index contributed by atoms with van der Waals surface area (Å²) in [5, 5.41) is 9.01. The van der Waals surface area contributed by atoms with Crippen molar-refractivity contribution in [3.63, 3.8) is 0 Å². The van der Waals surface area contributed by atoms with E-state index in [1.54, 1.807) is 12.1 Å². The topological polar surface area (TPSA) is 91.0 Å². The van der Waals surface area contributed by atoms with Crippen LogP contribution in [0.5, 0.6) is 0 Å². The third-order valence-corrected chi connectivity index (χ3v) is 8.57. The van der Waals surface area contributed by atoms with Crippen molar-refractivity contribution < 1.29 is 9.00 Å². The number of fused-ring (bicyclic) bond motifs is 2. The molecular weight excluding hydrogens is 434 g/mol. The number of amides is 2. The number of carbonyl (C=O) groups excluding carboxylic acids is 1. The minimum Gasteiger partial charge on any atom is -0.305 e. The predicted octanol–water partition coefficient (Wildman–Crippen LogP) is 3.34. The number of urea groups is 1. The van der Waals surface area contributed by atoms with Gasteiger partial charge in [-0.15, -0.1) is 4.36 Å². The zero-order chi connectivity index (χ0) is 23.0. The summed E-state index contributed by atoms with van der Waals surface area (Å²) in [5.41, 5.74) is 7.13. The molecule has 3 N–H and O–H groups in total. The lowest BCUT2D eigenvalue weighted by molar-refractivity contribution is 0.148. The zero-order valence-electron chi connectivity index (χ0n) is 19.3. The first kappa shape index (κ1) is 22.5. The molecule has 1 atom stereocenters. The Morgan fingerprint density at radius 2 is 1.61 bits per heavy atom. The van der Waals surface area contributed by atoms with Crippen molar-refractivity contribution in [1.82, 2.24) is 9.80 Å². The second kappa shape index (κ2) is 9.18. The van der Waals surface area contributed by atoms with Gasteiger partial charge in [0.05, 0.1) is 4.90 Å². The van der Waals surface area contributed by atoms with E-state index >= 15 is 0 Å². The van der Waals surface area contributed by atoms with Gasteiger partial charge in [0.25, 0.3) is 0 Å². The van der Waals surface area contributed by atoms with Gasteiger partial charge in [-0.05, 0) is 85.5 Å². The van der Waals surface area contributed by atoms with Gasteiger partial charge in [-0.3, -0.25) is 4.90 Å². The summed E-state index contributed by atoms with van der Waals surface area (Å²) in [5.74, 6) is 0. The number of benzene rings is 2. The van der Waals surface area contributed by atoms with Crippen molar-refractivity contribution >= 4 is 21.6 Å². The first-order valence-electron chi connectivity index (χ1n) is 11.9. The minimum absolute atomic E-state index is 0.378. The minimum atomic E-state index is -3.32. The fourth-order valence-corrected chi connectivity index (χ4v) is 6.25. The molecule has 2 aromatic carbocycles. The molecule has 176 valence electrons. The standard InChI is InChI=1S/C25H33N5O2S/c1-29-12-14-30(15-13-29)17-18-8-10-21(11-9-18)33(26,32)28-25(31)27-24-22-6-2-4-19(22)16-20-5-3-7-23(20)24/h8-11,16H,2-7,12-15,17H2,1H3,(H3,26,27,28,31,32)/t33-/m1/s1. The number of rotatable bonds is 4. The highest BCUT2D eigenvalue weighted by Crippen LogP contribution is 2.38. The molecule has 3 aliphatic rings. The lowest BCUT2D eigenvalue weighted by Gasteiger charge is -2.32. The zero-order valence-corrected chi connectivity index (χ0v) is 20.1. The number of hydrogen-bond acceptors (Lipinski definition) is 4. The number of anilines is 1. The van der Waals surface area contributed by atoms with Crippen LogP contribution in [-0.2, 0) is 42.1 Å². The molecule has 1 aliphatic heterocycles. The van der Waals surface area contributed by atoms with E-state index in [0.717, 1.165) is 82.5 Å². The van der Waals surface area contributed by atoms with Crippen molar-refractivity contribution in [2.75, 3.05) is 38.5 Å². The second-order valence-corrected chi connectivity index (χ2v) is 11.3. The summed E-state index contributed by atoms with van der Waals surface area (Å²) in [6.07, 6.45) is 6.24. The fraction of sp³-hybridized carbons (Fsp3) is 0.480. The normalized spacial score (nSPS) is 20.2. The van der Waals surface area contributed by atoms with Crippen molar-refractivity contribution in [2.24, 2.45) is 9.50 Å². The van der Waals surface area contributed by atoms with E-state index < -0.39 is 15.9 Å². The average molecular weight is 468 g/mol. The first-order valence-corrected chi connectivity index (χ1v) is 13.5. The molecule has 33 heavy (non-hydrogen) atoms. The Hall–Kier alpha value is -2.26. The van der Waals surface area contributed by atoms with Gasteiger partial charge in [0.15, 0.2) is 0 Å². The average Bonchev–Trinajstić information content (AvgIpc) is 3.45. The Labute approximate surface area is 196 Å². The molecule has 1 fully saturated rings. The Kier molecular flexibility index (Phi) is 6.26. The quantitative estimate of drug-likeness (QED) is 0.722. The van der Waals surface area contributed by atoms with Crippen LogP contribution in [0.2, 0.25) is 0 Å². The maximum atomic E-state index is 13.1. The number of hydrogen-bond donors (Lipinski definition) is 2. The number of carbonyl (C=O) groups is 1. The largest absolute Gasteiger partial charge is 0.354 e. The molecule has 2 aromatic rings. The summed E-state index contributed by atoms with van der Waals surface area (Å²) < 4.78 is 17.0. The molecule has 8 heteroatoms. The molecule has 1 saturated heterocycles. The third kappa shape index (κ3) is 4.84. The molecule has 2 amide bonds. The molecule has 0 radical (unpaired) electrons. The van der Waals surface area contributed by atoms with Gasteiger partial charge in [0.1, 0.15) is 9.92 Å². The summed E-state index contributed by atoms with van der Waals surface area (Å²) in [4.78, 5) is 17.9. The van der Waals surface area contributed by atoms with Crippen LogP contribution in [0.15, 0.2) is 39.6 Å². The van der Waals surface area contributed by atoms with Gasteiger partial charge >= 0.3 is 6.03 Å². The number of nitrogens with one attached hydrogen (secondary N) is 1. The Bertz CT molecular complexity index is 1140. The maximum Gasteiger partial charge on any atom is 0.354 e.